The Morgan fingerprint density at radius 3 is 2.82 bits per heavy atom. The Morgan fingerprint density at radius 1 is 1.41 bits per heavy atom. The summed E-state index contributed by atoms with van der Waals surface area (Å²) in [7, 11) is 0. The lowest BCUT2D eigenvalue weighted by Crippen LogP contribution is -2.40. The summed E-state index contributed by atoms with van der Waals surface area (Å²) in [5.41, 5.74) is 1.40. The van der Waals surface area contributed by atoms with Crippen molar-refractivity contribution in [3.63, 3.8) is 0 Å². The number of nitrogens with zero attached hydrogens (tertiary/aromatic N) is 3. The number of halogens is 1. The van der Waals surface area contributed by atoms with Crippen LogP contribution in [0, 0.1) is 11.3 Å². The molecule has 22 heavy (non-hydrogen) atoms. The number of hydrogen-bond acceptors (Lipinski definition) is 3. The molecular weight excluding hydrogens is 304 g/mol. The largest absolute Gasteiger partial charge is 0.342 e. The fourth-order valence-electron chi connectivity index (χ4n) is 3.02. The van der Waals surface area contributed by atoms with Gasteiger partial charge in [0.25, 0.3) is 0 Å². The van der Waals surface area contributed by atoms with Crippen LogP contribution in [-0.4, -0.2) is 33.4 Å². The van der Waals surface area contributed by atoms with Gasteiger partial charge in [-0.15, -0.1) is 0 Å². The Balaban J connectivity index is 1.83. The molecule has 0 bridgehead atoms. The summed E-state index contributed by atoms with van der Waals surface area (Å²) in [5, 5.41) is 9.17. The normalized spacial score (nSPS) is 15.9. The summed E-state index contributed by atoms with van der Waals surface area (Å²) in [6.07, 6.45) is 1.31. The van der Waals surface area contributed by atoms with Crippen LogP contribution in [0.15, 0.2) is 23.0 Å². The molecule has 0 spiro atoms. The number of H-pyrrole nitrogens is 1. The van der Waals surface area contributed by atoms with Gasteiger partial charge in [0.05, 0.1) is 17.1 Å². The van der Waals surface area contributed by atoms with Gasteiger partial charge in [-0.2, -0.15) is 5.26 Å². The predicted molar refractivity (Wildman–Crippen MR) is 82.6 cm³/mol. The smallest absolute Gasteiger partial charge is 0.326 e. The van der Waals surface area contributed by atoms with Crippen molar-refractivity contribution in [2.24, 2.45) is 0 Å². The van der Waals surface area contributed by atoms with E-state index in [-0.39, 0.29) is 24.1 Å². The number of amides is 1. The summed E-state index contributed by atoms with van der Waals surface area (Å²) < 4.78 is 1.75. The number of aromatic amines is 1. The second kappa shape index (κ2) is 5.85. The average molecular weight is 319 g/mol. The molecule has 6 nitrogen and oxygen atoms in total. The average Bonchev–Trinajstić information content (AvgIpc) is 2.82. The van der Waals surface area contributed by atoms with E-state index in [1.54, 1.807) is 21.6 Å². The van der Waals surface area contributed by atoms with Gasteiger partial charge in [0, 0.05) is 24.2 Å². The molecule has 1 aromatic heterocycles. The standard InChI is InChI=1S/C15H15ClN4O2/c16-10-1-2-13-12(9-10)18-15(22)20(13)11-4-7-19(8-5-11)14(21)3-6-17/h1-2,9,11H,3-5,7-8H2,(H,18,22). The molecule has 1 amide bonds. The highest BCUT2D eigenvalue weighted by Gasteiger charge is 2.25. The number of imidazole rings is 1. The molecule has 0 saturated carbocycles. The minimum Gasteiger partial charge on any atom is -0.342 e. The highest BCUT2D eigenvalue weighted by molar-refractivity contribution is 6.31. The Morgan fingerprint density at radius 2 is 2.14 bits per heavy atom. The van der Waals surface area contributed by atoms with Crippen molar-refractivity contribution in [3.8, 4) is 6.07 Å². The van der Waals surface area contributed by atoms with Crippen LogP contribution in [0.3, 0.4) is 0 Å². The second-order valence-electron chi connectivity index (χ2n) is 5.41. The first-order chi connectivity index (χ1) is 10.6. The Labute approximate surface area is 131 Å². The molecule has 0 atom stereocenters. The molecule has 1 saturated heterocycles. The quantitative estimate of drug-likeness (QED) is 0.920. The monoisotopic (exact) mass is 318 g/mol. The third kappa shape index (κ3) is 2.60. The highest BCUT2D eigenvalue weighted by atomic mass is 35.5. The van der Waals surface area contributed by atoms with E-state index in [1.165, 1.54) is 0 Å². The van der Waals surface area contributed by atoms with Gasteiger partial charge in [-0.3, -0.25) is 9.36 Å². The SMILES string of the molecule is N#CCC(=O)N1CCC(n2c(=O)[nH]c3cc(Cl)ccc32)CC1. The molecule has 3 rings (SSSR count). The maximum Gasteiger partial charge on any atom is 0.326 e. The van der Waals surface area contributed by atoms with E-state index in [0.717, 1.165) is 11.0 Å². The Bertz CT molecular complexity index is 809. The predicted octanol–water partition coefficient (Wildman–Crippen LogP) is 2.06. The molecule has 1 fully saturated rings. The van der Waals surface area contributed by atoms with E-state index < -0.39 is 0 Å². The van der Waals surface area contributed by atoms with Gasteiger partial charge >= 0.3 is 5.69 Å². The van der Waals surface area contributed by atoms with Gasteiger partial charge < -0.3 is 9.88 Å². The van der Waals surface area contributed by atoms with Gasteiger partial charge in [-0.25, -0.2) is 4.79 Å². The van der Waals surface area contributed by atoms with Crippen LogP contribution in [0.25, 0.3) is 11.0 Å². The topological polar surface area (TPSA) is 81.9 Å². The summed E-state index contributed by atoms with van der Waals surface area (Å²) in [5.74, 6) is -0.140. The Kier molecular flexibility index (Phi) is 3.90. The van der Waals surface area contributed by atoms with Gasteiger partial charge in [0.2, 0.25) is 5.91 Å². The number of aromatic nitrogens is 2. The molecule has 2 heterocycles. The summed E-state index contributed by atoms with van der Waals surface area (Å²) in [6.45, 7) is 1.13. The lowest BCUT2D eigenvalue weighted by atomic mass is 10.0. The van der Waals surface area contributed by atoms with Crippen molar-refractivity contribution in [2.75, 3.05) is 13.1 Å². The minimum absolute atomic E-state index is 0.0496. The van der Waals surface area contributed by atoms with Crippen molar-refractivity contribution in [1.29, 1.82) is 5.26 Å². The van der Waals surface area contributed by atoms with E-state index in [1.807, 2.05) is 12.1 Å². The fourth-order valence-corrected chi connectivity index (χ4v) is 3.19. The van der Waals surface area contributed by atoms with Crippen LogP contribution >= 0.6 is 11.6 Å². The van der Waals surface area contributed by atoms with Gasteiger partial charge in [0.1, 0.15) is 6.42 Å². The number of fused-ring (bicyclic) bond motifs is 1. The Hall–Kier alpha value is -2.26. The zero-order chi connectivity index (χ0) is 15.7. The van der Waals surface area contributed by atoms with Crippen LogP contribution < -0.4 is 5.69 Å². The molecular formula is C15H15ClN4O2. The summed E-state index contributed by atoms with van der Waals surface area (Å²) in [4.78, 5) is 28.4. The fraction of sp³-hybridized carbons (Fsp3) is 0.400. The first-order valence-corrected chi connectivity index (χ1v) is 7.52. The first kappa shape index (κ1) is 14.7. The number of benzene rings is 1. The lowest BCUT2D eigenvalue weighted by molar-refractivity contribution is -0.131. The van der Waals surface area contributed by atoms with Crippen LogP contribution in [0.2, 0.25) is 5.02 Å². The molecule has 1 aliphatic heterocycles. The summed E-state index contributed by atoms with van der Waals surface area (Å²) in [6, 6.07) is 7.26. The maximum absolute atomic E-state index is 12.2. The lowest BCUT2D eigenvalue weighted by Gasteiger charge is -2.32. The van der Waals surface area contributed by atoms with Crippen LogP contribution in [0.5, 0.6) is 0 Å². The number of rotatable bonds is 2. The van der Waals surface area contributed by atoms with Gasteiger partial charge in [0.15, 0.2) is 0 Å². The van der Waals surface area contributed by atoms with Crippen molar-refractivity contribution in [2.45, 2.75) is 25.3 Å². The van der Waals surface area contributed by atoms with Crippen molar-refractivity contribution in [1.82, 2.24) is 14.5 Å². The molecule has 1 N–H and O–H groups in total. The number of carbonyl (C=O) groups excluding carboxylic acids is 1. The van der Waals surface area contributed by atoms with Gasteiger partial charge in [-0.05, 0) is 31.0 Å². The molecule has 0 unspecified atom stereocenters. The number of carbonyl (C=O) groups is 1. The van der Waals surface area contributed by atoms with Gasteiger partial charge in [-0.1, -0.05) is 11.6 Å². The third-order valence-corrected chi connectivity index (χ3v) is 4.33. The van der Waals surface area contributed by atoms with Crippen LogP contribution in [0.1, 0.15) is 25.3 Å². The summed E-state index contributed by atoms with van der Waals surface area (Å²) >= 11 is 5.95. The van der Waals surface area contributed by atoms with Crippen LogP contribution in [-0.2, 0) is 4.79 Å². The molecule has 0 aliphatic carbocycles. The second-order valence-corrected chi connectivity index (χ2v) is 5.84. The molecule has 1 aliphatic rings. The minimum atomic E-state index is -0.154. The van der Waals surface area contributed by atoms with E-state index in [2.05, 4.69) is 4.98 Å². The number of piperidine rings is 1. The first-order valence-electron chi connectivity index (χ1n) is 7.14. The highest BCUT2D eigenvalue weighted by Crippen LogP contribution is 2.26. The molecule has 0 radical (unpaired) electrons. The maximum atomic E-state index is 12.2. The van der Waals surface area contributed by atoms with E-state index >= 15 is 0 Å². The third-order valence-electron chi connectivity index (χ3n) is 4.09. The van der Waals surface area contributed by atoms with Crippen molar-refractivity contribution >= 4 is 28.5 Å². The number of hydrogen-bond donors (Lipinski definition) is 1. The number of likely N-dealkylation sites (tertiary alicyclic amines) is 1. The zero-order valence-corrected chi connectivity index (χ0v) is 12.6. The number of nitriles is 1. The van der Waals surface area contributed by atoms with Crippen molar-refractivity contribution < 1.29 is 4.79 Å². The van der Waals surface area contributed by atoms with E-state index in [0.29, 0.717) is 31.0 Å². The molecule has 1 aromatic carbocycles. The molecule has 2 aromatic rings. The number of nitrogens with one attached hydrogen (secondary N) is 1. The van der Waals surface area contributed by atoms with E-state index in [9.17, 15) is 9.59 Å². The van der Waals surface area contributed by atoms with Crippen LogP contribution in [0.4, 0.5) is 0 Å². The molecule has 114 valence electrons. The van der Waals surface area contributed by atoms with E-state index in [4.69, 9.17) is 16.9 Å². The molecule has 7 heteroatoms. The van der Waals surface area contributed by atoms with Crippen molar-refractivity contribution in [3.05, 3.63) is 33.7 Å². The zero-order valence-electron chi connectivity index (χ0n) is 11.9.